The van der Waals surface area contributed by atoms with E-state index in [1.54, 1.807) is 16.7 Å². The van der Waals surface area contributed by atoms with Gasteiger partial charge in [-0.25, -0.2) is 19.8 Å². The quantitative estimate of drug-likeness (QED) is 0.362. The average Bonchev–Trinajstić information content (AvgIpc) is 3.34. The van der Waals surface area contributed by atoms with Crippen molar-refractivity contribution in [2.75, 3.05) is 11.7 Å². The molecule has 0 saturated carbocycles. The highest BCUT2D eigenvalue weighted by Crippen LogP contribution is 2.33. The highest BCUT2D eigenvalue weighted by molar-refractivity contribution is 7.86. The second-order valence-electron chi connectivity index (χ2n) is 8.84. The average molecular weight is 487 g/mol. The SMILES string of the molecule is CC(C)Cn1c(NOS(C)(=O)=O)nc2ccc(-c3nn(C(C)C)cc3-c3ccc(F)cc3)nc21. The normalized spacial score (nSPS) is 12.2. The minimum absolute atomic E-state index is 0.118. The van der Waals surface area contributed by atoms with Crippen LogP contribution < -0.4 is 5.48 Å². The Hall–Kier alpha value is -3.31. The van der Waals surface area contributed by atoms with Crippen LogP contribution >= 0.6 is 0 Å². The largest absolute Gasteiger partial charge is 0.293 e. The van der Waals surface area contributed by atoms with E-state index in [1.807, 2.05) is 50.7 Å². The minimum atomic E-state index is -3.73. The first-order valence-corrected chi connectivity index (χ1v) is 12.7. The van der Waals surface area contributed by atoms with E-state index in [9.17, 15) is 12.8 Å². The molecule has 0 saturated heterocycles. The molecular formula is C23H27FN6O3S. The lowest BCUT2D eigenvalue weighted by atomic mass is 10.0. The van der Waals surface area contributed by atoms with Crippen molar-refractivity contribution in [3.05, 3.63) is 48.4 Å². The van der Waals surface area contributed by atoms with Crippen molar-refractivity contribution < 1.29 is 17.1 Å². The van der Waals surface area contributed by atoms with Crippen LogP contribution in [0.15, 0.2) is 42.6 Å². The van der Waals surface area contributed by atoms with Crippen LogP contribution in [0.25, 0.3) is 33.7 Å². The summed E-state index contributed by atoms with van der Waals surface area (Å²) in [6.45, 7) is 8.66. The highest BCUT2D eigenvalue weighted by Gasteiger charge is 2.20. The summed E-state index contributed by atoms with van der Waals surface area (Å²) in [4.78, 5) is 9.31. The van der Waals surface area contributed by atoms with E-state index in [-0.39, 0.29) is 23.7 Å². The number of aromatic nitrogens is 5. The molecule has 3 heterocycles. The first-order chi connectivity index (χ1) is 16.0. The van der Waals surface area contributed by atoms with Crippen LogP contribution in [0.1, 0.15) is 33.7 Å². The molecule has 9 nitrogen and oxygen atoms in total. The van der Waals surface area contributed by atoms with Gasteiger partial charge in [0, 0.05) is 24.3 Å². The van der Waals surface area contributed by atoms with Gasteiger partial charge in [0.1, 0.15) is 17.0 Å². The molecule has 34 heavy (non-hydrogen) atoms. The third kappa shape index (κ3) is 5.10. The molecule has 0 aliphatic carbocycles. The van der Waals surface area contributed by atoms with E-state index in [4.69, 9.17) is 14.4 Å². The Kier molecular flexibility index (Phi) is 6.41. The van der Waals surface area contributed by atoms with Gasteiger partial charge in [-0.15, -0.1) is 4.28 Å². The van der Waals surface area contributed by atoms with Crippen LogP contribution in [-0.4, -0.2) is 39.0 Å². The van der Waals surface area contributed by atoms with Crippen LogP contribution in [0.3, 0.4) is 0 Å². The number of benzene rings is 1. The summed E-state index contributed by atoms with van der Waals surface area (Å²) >= 11 is 0. The molecule has 0 unspecified atom stereocenters. The molecule has 0 amide bonds. The number of halogens is 1. The smallest absolute Gasteiger partial charge is 0.285 e. The predicted octanol–water partition coefficient (Wildman–Crippen LogP) is 4.64. The molecule has 11 heteroatoms. The first kappa shape index (κ1) is 23.8. The summed E-state index contributed by atoms with van der Waals surface area (Å²) in [5, 5.41) is 4.76. The molecular weight excluding hydrogens is 459 g/mol. The van der Waals surface area contributed by atoms with Crippen LogP contribution in [0.2, 0.25) is 0 Å². The summed E-state index contributed by atoms with van der Waals surface area (Å²) in [5.41, 5.74) is 6.50. The van der Waals surface area contributed by atoms with Crippen LogP contribution in [0.5, 0.6) is 0 Å². The zero-order valence-corrected chi connectivity index (χ0v) is 20.5. The summed E-state index contributed by atoms with van der Waals surface area (Å²) in [7, 11) is -3.73. The number of anilines is 1. The van der Waals surface area contributed by atoms with Gasteiger partial charge >= 0.3 is 0 Å². The summed E-state index contributed by atoms with van der Waals surface area (Å²) in [6.07, 6.45) is 2.88. The fourth-order valence-corrected chi connectivity index (χ4v) is 3.77. The maximum Gasteiger partial charge on any atom is 0.285 e. The van der Waals surface area contributed by atoms with Crippen molar-refractivity contribution in [2.24, 2.45) is 5.92 Å². The molecule has 3 aromatic heterocycles. The predicted molar refractivity (Wildman–Crippen MR) is 129 cm³/mol. The Balaban J connectivity index is 1.86. The Labute approximate surface area is 197 Å². The minimum Gasteiger partial charge on any atom is -0.293 e. The molecule has 4 aromatic rings. The molecule has 0 spiro atoms. The Morgan fingerprint density at radius 3 is 2.38 bits per heavy atom. The molecule has 0 aliphatic heterocycles. The van der Waals surface area contributed by atoms with E-state index in [0.717, 1.165) is 17.4 Å². The van der Waals surface area contributed by atoms with Gasteiger partial charge in [-0.1, -0.05) is 26.0 Å². The van der Waals surface area contributed by atoms with Gasteiger partial charge in [0.25, 0.3) is 10.1 Å². The number of rotatable bonds is 8. The lowest BCUT2D eigenvalue weighted by Gasteiger charge is -2.11. The number of imidazole rings is 1. The Bertz CT molecular complexity index is 1430. The van der Waals surface area contributed by atoms with Gasteiger partial charge in [0.05, 0.1) is 11.9 Å². The van der Waals surface area contributed by atoms with Crippen molar-refractivity contribution in [1.29, 1.82) is 0 Å². The van der Waals surface area contributed by atoms with Gasteiger partial charge in [-0.2, -0.15) is 13.5 Å². The van der Waals surface area contributed by atoms with E-state index in [1.165, 1.54) is 12.1 Å². The maximum atomic E-state index is 13.5. The van der Waals surface area contributed by atoms with E-state index in [2.05, 4.69) is 10.5 Å². The second kappa shape index (κ2) is 9.15. The van der Waals surface area contributed by atoms with E-state index < -0.39 is 10.1 Å². The molecule has 0 radical (unpaired) electrons. The van der Waals surface area contributed by atoms with Crippen molar-refractivity contribution in [1.82, 2.24) is 24.3 Å². The molecule has 1 N–H and O–H groups in total. The van der Waals surface area contributed by atoms with Crippen molar-refractivity contribution in [3.63, 3.8) is 0 Å². The number of pyridine rings is 1. The monoisotopic (exact) mass is 486 g/mol. The molecule has 180 valence electrons. The topological polar surface area (TPSA) is 104 Å². The van der Waals surface area contributed by atoms with Crippen molar-refractivity contribution in [2.45, 2.75) is 40.3 Å². The third-order valence-electron chi connectivity index (χ3n) is 5.08. The lowest BCUT2D eigenvalue weighted by molar-refractivity contribution is 0.385. The van der Waals surface area contributed by atoms with Gasteiger partial charge in [-0.05, 0) is 49.6 Å². The molecule has 0 aliphatic rings. The zero-order valence-electron chi connectivity index (χ0n) is 19.7. The van der Waals surface area contributed by atoms with E-state index in [0.29, 0.717) is 29.1 Å². The molecule has 1 aromatic carbocycles. The van der Waals surface area contributed by atoms with Crippen LogP contribution in [0.4, 0.5) is 10.3 Å². The van der Waals surface area contributed by atoms with Crippen molar-refractivity contribution >= 4 is 27.2 Å². The van der Waals surface area contributed by atoms with E-state index >= 15 is 0 Å². The number of fused-ring (bicyclic) bond motifs is 1. The van der Waals surface area contributed by atoms with Crippen LogP contribution in [-0.2, 0) is 20.9 Å². The third-order valence-corrected chi connectivity index (χ3v) is 5.47. The fourth-order valence-electron chi connectivity index (χ4n) is 3.55. The van der Waals surface area contributed by atoms with Crippen molar-refractivity contribution in [3.8, 4) is 22.5 Å². The number of nitrogens with zero attached hydrogens (tertiary/aromatic N) is 5. The zero-order chi connectivity index (χ0) is 24.6. The summed E-state index contributed by atoms with van der Waals surface area (Å²) in [6, 6.07) is 10.0. The molecule has 4 rings (SSSR count). The number of hydrogen-bond donors (Lipinski definition) is 1. The Morgan fingerprint density at radius 1 is 1.06 bits per heavy atom. The number of hydrogen-bond acceptors (Lipinski definition) is 7. The standard InChI is InChI=1S/C23H27FN6O3S/c1-14(2)12-29-22-20(26-23(29)28-33-34(5,31)32)11-10-19(25-22)21-18(13-30(27-21)15(3)4)16-6-8-17(24)9-7-16/h6-11,13-15H,12H2,1-5H3,(H,26,28). The summed E-state index contributed by atoms with van der Waals surface area (Å²) < 4.78 is 44.9. The fraction of sp³-hybridized carbons (Fsp3) is 0.348. The van der Waals surface area contributed by atoms with Gasteiger partial charge in [0.15, 0.2) is 5.65 Å². The van der Waals surface area contributed by atoms with Gasteiger partial charge in [0.2, 0.25) is 5.95 Å². The summed E-state index contributed by atoms with van der Waals surface area (Å²) in [5.74, 6) is 0.164. The Morgan fingerprint density at radius 2 is 1.76 bits per heavy atom. The van der Waals surface area contributed by atoms with Gasteiger partial charge in [-0.3, -0.25) is 9.25 Å². The molecule has 0 fully saturated rings. The highest BCUT2D eigenvalue weighted by atomic mass is 32.2. The second-order valence-corrected chi connectivity index (χ2v) is 10.4. The molecule has 0 bridgehead atoms. The molecule has 0 atom stereocenters. The number of nitrogens with one attached hydrogen (secondary N) is 1. The van der Waals surface area contributed by atoms with Gasteiger partial charge < -0.3 is 0 Å². The lowest BCUT2D eigenvalue weighted by Crippen LogP contribution is -2.15. The maximum absolute atomic E-state index is 13.5. The first-order valence-electron chi connectivity index (χ1n) is 10.9. The van der Waals surface area contributed by atoms with Crippen LogP contribution in [0, 0.1) is 11.7 Å².